The molecule has 2 N–H and O–H groups in total. The van der Waals surface area contributed by atoms with Crippen LogP contribution in [-0.2, 0) is 6.42 Å². The Hall–Kier alpha value is -4.34. The van der Waals surface area contributed by atoms with Gasteiger partial charge in [0.15, 0.2) is 0 Å². The normalized spacial score (nSPS) is 14.5. The number of aliphatic hydroxyl groups is 1. The van der Waals surface area contributed by atoms with Crippen molar-refractivity contribution in [3.05, 3.63) is 108 Å². The number of aryl methyl sites for hydroxylation is 1. The molecule has 1 aliphatic rings. The molecule has 6 heteroatoms. The molecule has 36 heavy (non-hydrogen) atoms. The number of para-hydroxylation sites is 1. The van der Waals surface area contributed by atoms with E-state index in [4.69, 9.17) is 4.74 Å². The zero-order valence-electron chi connectivity index (χ0n) is 20.2. The average molecular weight is 478 g/mol. The summed E-state index contributed by atoms with van der Waals surface area (Å²) < 4.78 is 7.97. The second kappa shape index (κ2) is 9.73. The van der Waals surface area contributed by atoms with Crippen molar-refractivity contribution < 1.29 is 14.6 Å². The average Bonchev–Trinajstić information content (AvgIpc) is 3.30. The highest BCUT2D eigenvalue weighted by molar-refractivity contribution is 5.92. The van der Waals surface area contributed by atoms with Crippen molar-refractivity contribution in [1.82, 2.24) is 14.9 Å². The molecule has 3 heterocycles. The molecule has 2 aromatic carbocycles. The molecule has 0 radical (unpaired) electrons. The summed E-state index contributed by atoms with van der Waals surface area (Å²) in [5.74, 6) is 6.93. The van der Waals surface area contributed by atoms with Crippen LogP contribution in [0.2, 0.25) is 0 Å². The Morgan fingerprint density at radius 3 is 2.72 bits per heavy atom. The highest BCUT2D eigenvalue weighted by atomic mass is 16.5. The number of fused-ring (bicyclic) bond motifs is 3. The molecular formula is C30H27N3O3. The maximum Gasteiger partial charge on any atom is 0.270 e. The number of carbonyl (C=O) groups is 1. The predicted octanol–water partition coefficient (Wildman–Crippen LogP) is 5.20. The van der Waals surface area contributed by atoms with Crippen molar-refractivity contribution in [2.24, 2.45) is 0 Å². The molecule has 1 aliphatic heterocycles. The number of carbonyl (C=O) groups excluding carboxylic acids is 1. The number of nitrogens with one attached hydrogen (secondary N) is 1. The van der Waals surface area contributed by atoms with Gasteiger partial charge in [-0.3, -0.25) is 9.78 Å². The lowest BCUT2D eigenvalue weighted by Gasteiger charge is -2.18. The lowest BCUT2D eigenvalue weighted by atomic mass is 10.0. The number of benzene rings is 2. The van der Waals surface area contributed by atoms with Crippen molar-refractivity contribution in [3.63, 3.8) is 0 Å². The quantitative estimate of drug-likeness (QED) is 0.396. The summed E-state index contributed by atoms with van der Waals surface area (Å²) in [5, 5.41) is 13.1. The molecule has 1 amide bonds. The van der Waals surface area contributed by atoms with E-state index in [1.54, 1.807) is 32.2 Å². The fraction of sp³-hybridized carbons (Fsp3) is 0.200. The molecule has 1 unspecified atom stereocenters. The maximum absolute atomic E-state index is 13.2. The third-order valence-electron chi connectivity index (χ3n) is 5.95. The minimum Gasteiger partial charge on any atom is -0.457 e. The van der Waals surface area contributed by atoms with Crippen molar-refractivity contribution in [3.8, 4) is 29.0 Å². The van der Waals surface area contributed by atoms with Crippen LogP contribution < -0.4 is 10.1 Å². The first-order valence-corrected chi connectivity index (χ1v) is 11.9. The number of amides is 1. The van der Waals surface area contributed by atoms with Gasteiger partial charge in [0.25, 0.3) is 5.91 Å². The molecule has 0 spiro atoms. The van der Waals surface area contributed by atoms with Gasteiger partial charge in [0.1, 0.15) is 22.8 Å². The highest BCUT2D eigenvalue weighted by Crippen LogP contribution is 2.31. The Balaban J connectivity index is 1.37. The third kappa shape index (κ3) is 5.32. The summed E-state index contributed by atoms with van der Waals surface area (Å²) in [6, 6.07) is 22.7. The van der Waals surface area contributed by atoms with Gasteiger partial charge in [-0.1, -0.05) is 36.1 Å². The summed E-state index contributed by atoms with van der Waals surface area (Å²) in [4.78, 5) is 17.5. The van der Waals surface area contributed by atoms with Gasteiger partial charge in [0, 0.05) is 35.4 Å². The summed E-state index contributed by atoms with van der Waals surface area (Å²) in [7, 11) is 0. The highest BCUT2D eigenvalue weighted by Gasteiger charge is 2.24. The molecule has 180 valence electrons. The summed E-state index contributed by atoms with van der Waals surface area (Å²) in [6.07, 6.45) is 5.12. The largest absolute Gasteiger partial charge is 0.457 e. The van der Waals surface area contributed by atoms with E-state index in [1.807, 2.05) is 60.8 Å². The van der Waals surface area contributed by atoms with Crippen molar-refractivity contribution in [1.29, 1.82) is 0 Å². The molecular weight excluding hydrogens is 450 g/mol. The number of rotatable bonds is 4. The molecule has 2 aromatic heterocycles. The molecule has 5 rings (SSSR count). The Labute approximate surface area is 210 Å². The second-order valence-corrected chi connectivity index (χ2v) is 9.31. The Morgan fingerprint density at radius 2 is 1.92 bits per heavy atom. The minimum absolute atomic E-state index is 0.189. The van der Waals surface area contributed by atoms with Crippen LogP contribution in [-0.4, -0.2) is 26.2 Å². The van der Waals surface area contributed by atoms with Crippen LogP contribution in [0.1, 0.15) is 53.6 Å². The molecule has 0 saturated carbocycles. The fourth-order valence-corrected chi connectivity index (χ4v) is 4.25. The van der Waals surface area contributed by atoms with Crippen LogP contribution >= 0.6 is 0 Å². The fourth-order valence-electron chi connectivity index (χ4n) is 4.25. The number of ether oxygens (including phenoxy) is 1. The van der Waals surface area contributed by atoms with E-state index < -0.39 is 5.60 Å². The van der Waals surface area contributed by atoms with E-state index in [0.29, 0.717) is 17.2 Å². The van der Waals surface area contributed by atoms with Crippen LogP contribution in [0, 0.1) is 11.8 Å². The van der Waals surface area contributed by atoms with Crippen LogP contribution in [0.5, 0.6) is 11.5 Å². The molecule has 0 saturated heterocycles. The third-order valence-corrected chi connectivity index (χ3v) is 5.95. The summed E-state index contributed by atoms with van der Waals surface area (Å²) in [5.41, 5.74) is 3.27. The number of hydrogen-bond acceptors (Lipinski definition) is 4. The molecule has 1 atom stereocenters. The zero-order chi connectivity index (χ0) is 25.1. The topological polar surface area (TPSA) is 76.4 Å². The Kier molecular flexibility index (Phi) is 6.32. The number of pyridine rings is 1. The van der Waals surface area contributed by atoms with E-state index in [2.05, 4.69) is 32.8 Å². The van der Waals surface area contributed by atoms with Crippen molar-refractivity contribution in [2.75, 3.05) is 0 Å². The second-order valence-electron chi connectivity index (χ2n) is 9.31. The lowest BCUT2D eigenvalue weighted by molar-refractivity contribution is 0.0928. The van der Waals surface area contributed by atoms with Crippen molar-refractivity contribution in [2.45, 2.75) is 38.3 Å². The number of aromatic nitrogens is 2. The minimum atomic E-state index is -1.06. The van der Waals surface area contributed by atoms with E-state index >= 15 is 0 Å². The monoisotopic (exact) mass is 477 g/mol. The predicted molar refractivity (Wildman–Crippen MR) is 138 cm³/mol. The summed E-state index contributed by atoms with van der Waals surface area (Å²) in [6.45, 7) is 3.33. The van der Waals surface area contributed by atoms with Crippen LogP contribution in [0.4, 0.5) is 0 Å². The van der Waals surface area contributed by atoms with Gasteiger partial charge in [0.2, 0.25) is 0 Å². The van der Waals surface area contributed by atoms with E-state index in [9.17, 15) is 9.90 Å². The van der Waals surface area contributed by atoms with E-state index in [1.165, 1.54) is 5.56 Å². The number of hydrogen-bond donors (Lipinski definition) is 2. The SMILES string of the molecule is CC(C)(O)C#Cc1ccc2c(c1)-n1cccc1C(NC(=O)c1cc(Oc3ccccc3)ccn1)CC2. The first-order chi connectivity index (χ1) is 17.4. The van der Waals surface area contributed by atoms with E-state index in [0.717, 1.165) is 29.8 Å². The van der Waals surface area contributed by atoms with Crippen LogP contribution in [0.25, 0.3) is 5.69 Å². The zero-order valence-corrected chi connectivity index (χ0v) is 20.2. The van der Waals surface area contributed by atoms with Gasteiger partial charge < -0.3 is 19.7 Å². The maximum atomic E-state index is 13.2. The molecule has 0 bridgehead atoms. The van der Waals surface area contributed by atoms with Crippen LogP contribution in [0.3, 0.4) is 0 Å². The van der Waals surface area contributed by atoms with Gasteiger partial charge in [-0.15, -0.1) is 0 Å². The smallest absolute Gasteiger partial charge is 0.270 e. The number of nitrogens with zero attached hydrogens (tertiary/aromatic N) is 2. The molecule has 6 nitrogen and oxygen atoms in total. The standard InChI is InChI=1S/C30H27N3O3/c1-30(2,35)16-14-21-10-11-22-12-13-25(27-9-6-18-33(27)28(22)19-21)32-29(34)26-20-24(15-17-31-26)36-23-7-4-3-5-8-23/h3-11,15,17-20,25,35H,12-13H2,1-2H3,(H,32,34). The van der Waals surface area contributed by atoms with Gasteiger partial charge in [-0.25, -0.2) is 0 Å². The van der Waals surface area contributed by atoms with Gasteiger partial charge in [-0.2, -0.15) is 0 Å². The Bertz CT molecular complexity index is 1460. The Morgan fingerprint density at radius 1 is 1.08 bits per heavy atom. The van der Waals surface area contributed by atoms with Gasteiger partial charge >= 0.3 is 0 Å². The lowest BCUT2D eigenvalue weighted by Crippen LogP contribution is -2.30. The van der Waals surface area contributed by atoms with Gasteiger partial charge in [-0.05, 0) is 74.7 Å². The van der Waals surface area contributed by atoms with Crippen molar-refractivity contribution >= 4 is 5.91 Å². The molecule has 4 aromatic rings. The van der Waals surface area contributed by atoms with Crippen LogP contribution in [0.15, 0.2) is 85.2 Å². The molecule has 0 aliphatic carbocycles. The first-order valence-electron chi connectivity index (χ1n) is 11.9. The van der Waals surface area contributed by atoms with E-state index in [-0.39, 0.29) is 11.9 Å². The summed E-state index contributed by atoms with van der Waals surface area (Å²) >= 11 is 0. The first kappa shape index (κ1) is 23.4. The van der Waals surface area contributed by atoms with Gasteiger partial charge in [0.05, 0.1) is 6.04 Å². The molecule has 0 fully saturated rings.